The zero-order valence-electron chi connectivity index (χ0n) is 12.4. The van der Waals surface area contributed by atoms with Crippen LogP contribution in [-0.4, -0.2) is 24.4 Å². The van der Waals surface area contributed by atoms with Gasteiger partial charge in [-0.2, -0.15) is 13.2 Å². The number of thiophene rings is 1. The topological polar surface area (TPSA) is 98.5 Å². The highest BCUT2D eigenvalue weighted by Crippen LogP contribution is 2.32. The van der Waals surface area contributed by atoms with Crippen LogP contribution in [0.1, 0.15) is 26.3 Å². The summed E-state index contributed by atoms with van der Waals surface area (Å²) in [5.74, 6) is -2.86. The first-order valence-electron chi connectivity index (χ1n) is 6.70. The number of carbonyl (C=O) groups excluding carboxylic acids is 3. The van der Waals surface area contributed by atoms with Crippen molar-refractivity contribution >= 4 is 34.1 Å². The Morgan fingerprint density at radius 3 is 2.44 bits per heavy atom. The molecule has 0 saturated heterocycles. The monoisotopic (exact) mass is 372 g/mol. The first kappa shape index (κ1) is 18.5. The van der Waals surface area contributed by atoms with E-state index in [9.17, 15) is 27.6 Å². The molecule has 1 heterocycles. The summed E-state index contributed by atoms with van der Waals surface area (Å²) in [7, 11) is 0. The molecule has 0 unspecified atom stereocenters. The number of alkyl halides is 3. The van der Waals surface area contributed by atoms with Crippen LogP contribution in [0.4, 0.5) is 18.2 Å². The molecule has 0 aliphatic rings. The van der Waals surface area contributed by atoms with Gasteiger partial charge in [-0.25, -0.2) is 4.79 Å². The van der Waals surface area contributed by atoms with Crippen LogP contribution in [0.5, 0.6) is 0 Å². The summed E-state index contributed by atoms with van der Waals surface area (Å²) in [5.41, 5.74) is 3.34. The third kappa shape index (κ3) is 4.57. The summed E-state index contributed by atoms with van der Waals surface area (Å²) in [4.78, 5) is 34.7. The Hall–Kier alpha value is -2.88. The number of rotatable bonds is 5. The van der Waals surface area contributed by atoms with Crippen molar-refractivity contribution in [3.8, 4) is 0 Å². The Morgan fingerprint density at radius 2 is 1.80 bits per heavy atom. The molecule has 0 aliphatic heterocycles. The van der Waals surface area contributed by atoms with E-state index in [1.54, 1.807) is 0 Å². The van der Waals surface area contributed by atoms with Crippen molar-refractivity contribution in [2.24, 2.45) is 5.73 Å². The second-order valence-electron chi connectivity index (χ2n) is 4.70. The Labute approximate surface area is 143 Å². The van der Waals surface area contributed by atoms with Crippen LogP contribution < -0.4 is 11.1 Å². The van der Waals surface area contributed by atoms with Gasteiger partial charge >= 0.3 is 12.1 Å². The SMILES string of the molecule is NC(=O)c1ccsc1NC(=O)COC(=O)c1ccccc1C(F)(F)F. The number of anilines is 1. The lowest BCUT2D eigenvalue weighted by molar-refractivity contribution is -0.138. The number of carbonyl (C=O) groups is 3. The molecule has 25 heavy (non-hydrogen) atoms. The van der Waals surface area contributed by atoms with Crippen molar-refractivity contribution in [3.05, 3.63) is 52.4 Å². The first-order chi connectivity index (χ1) is 11.7. The van der Waals surface area contributed by atoms with Crippen LogP contribution in [-0.2, 0) is 15.7 Å². The quantitative estimate of drug-likeness (QED) is 0.789. The van der Waals surface area contributed by atoms with Crippen molar-refractivity contribution in [1.82, 2.24) is 0 Å². The van der Waals surface area contributed by atoms with Crippen molar-refractivity contribution in [2.75, 3.05) is 11.9 Å². The van der Waals surface area contributed by atoms with Gasteiger partial charge in [-0.3, -0.25) is 9.59 Å². The standard InChI is InChI=1S/C15H11F3N2O4S/c16-15(17,18)10-4-2-1-3-8(10)14(23)24-7-11(21)20-13-9(12(19)22)5-6-25-13/h1-6H,7H2,(H2,19,22)(H,20,21). The highest BCUT2D eigenvalue weighted by molar-refractivity contribution is 7.14. The van der Waals surface area contributed by atoms with Crippen molar-refractivity contribution in [3.63, 3.8) is 0 Å². The van der Waals surface area contributed by atoms with E-state index < -0.39 is 41.7 Å². The number of nitrogens with two attached hydrogens (primary N) is 1. The normalized spacial score (nSPS) is 11.0. The Morgan fingerprint density at radius 1 is 1.12 bits per heavy atom. The third-order valence-electron chi connectivity index (χ3n) is 2.97. The molecule has 2 rings (SSSR count). The average Bonchev–Trinajstić information content (AvgIpc) is 3.00. The smallest absolute Gasteiger partial charge is 0.417 e. The molecule has 1 aromatic carbocycles. The predicted molar refractivity (Wildman–Crippen MR) is 83.2 cm³/mol. The summed E-state index contributed by atoms with van der Waals surface area (Å²) < 4.78 is 43.2. The minimum atomic E-state index is -4.73. The largest absolute Gasteiger partial charge is 0.452 e. The average molecular weight is 372 g/mol. The van der Waals surface area contributed by atoms with Gasteiger partial charge in [0.25, 0.3) is 11.8 Å². The molecule has 2 amide bonds. The molecule has 0 aliphatic carbocycles. The maximum absolute atomic E-state index is 12.9. The van der Waals surface area contributed by atoms with Gasteiger partial charge < -0.3 is 15.8 Å². The molecule has 0 bridgehead atoms. The van der Waals surface area contributed by atoms with Crippen molar-refractivity contribution in [2.45, 2.75) is 6.18 Å². The molecule has 10 heteroatoms. The first-order valence-corrected chi connectivity index (χ1v) is 7.58. The van der Waals surface area contributed by atoms with Crippen LogP contribution in [0.15, 0.2) is 35.7 Å². The number of hydrogen-bond acceptors (Lipinski definition) is 5. The molecular formula is C15H11F3N2O4S. The molecule has 0 spiro atoms. The van der Waals surface area contributed by atoms with Gasteiger partial charge in [0.2, 0.25) is 0 Å². The molecule has 0 saturated carbocycles. The number of benzene rings is 1. The summed E-state index contributed by atoms with van der Waals surface area (Å²) in [6.07, 6.45) is -4.73. The van der Waals surface area contributed by atoms with E-state index >= 15 is 0 Å². The van der Waals surface area contributed by atoms with E-state index in [1.165, 1.54) is 17.5 Å². The number of primary amides is 1. The lowest BCUT2D eigenvalue weighted by Gasteiger charge is -2.12. The Kier molecular flexibility index (Phi) is 5.42. The number of esters is 1. The maximum atomic E-state index is 12.9. The van der Waals surface area contributed by atoms with E-state index in [0.29, 0.717) is 0 Å². The van der Waals surface area contributed by atoms with E-state index in [2.05, 4.69) is 10.1 Å². The summed E-state index contributed by atoms with van der Waals surface area (Å²) >= 11 is 1.02. The molecule has 0 fully saturated rings. The fourth-order valence-electron chi connectivity index (χ4n) is 1.88. The molecule has 1 aromatic heterocycles. The predicted octanol–water partition coefficient (Wildman–Crippen LogP) is 2.66. The lowest BCUT2D eigenvalue weighted by Crippen LogP contribution is -2.23. The lowest BCUT2D eigenvalue weighted by atomic mass is 10.1. The Bertz CT molecular complexity index is 817. The summed E-state index contributed by atoms with van der Waals surface area (Å²) in [5, 5.41) is 3.97. The van der Waals surface area contributed by atoms with Gasteiger partial charge in [0.1, 0.15) is 5.00 Å². The van der Waals surface area contributed by atoms with Gasteiger partial charge in [0.15, 0.2) is 6.61 Å². The van der Waals surface area contributed by atoms with Crippen LogP contribution in [0.25, 0.3) is 0 Å². The van der Waals surface area contributed by atoms with Crippen molar-refractivity contribution in [1.29, 1.82) is 0 Å². The van der Waals surface area contributed by atoms with E-state index in [-0.39, 0.29) is 10.6 Å². The van der Waals surface area contributed by atoms with Crippen molar-refractivity contribution < 1.29 is 32.3 Å². The zero-order valence-corrected chi connectivity index (χ0v) is 13.2. The minimum Gasteiger partial charge on any atom is -0.452 e. The van der Waals surface area contributed by atoms with E-state index in [0.717, 1.165) is 29.5 Å². The van der Waals surface area contributed by atoms with Crippen LogP contribution in [0.2, 0.25) is 0 Å². The number of halogens is 3. The number of ether oxygens (including phenoxy) is 1. The maximum Gasteiger partial charge on any atom is 0.417 e. The van der Waals surface area contributed by atoms with Gasteiger partial charge in [0, 0.05) is 0 Å². The highest BCUT2D eigenvalue weighted by atomic mass is 32.1. The van der Waals surface area contributed by atoms with E-state index in [1.807, 2.05) is 0 Å². The number of hydrogen-bond donors (Lipinski definition) is 2. The highest BCUT2D eigenvalue weighted by Gasteiger charge is 2.35. The molecule has 2 aromatic rings. The third-order valence-corrected chi connectivity index (χ3v) is 3.80. The fraction of sp³-hybridized carbons (Fsp3) is 0.133. The minimum absolute atomic E-state index is 0.0760. The fourth-order valence-corrected chi connectivity index (χ4v) is 2.69. The zero-order chi connectivity index (χ0) is 18.6. The second kappa shape index (κ2) is 7.34. The molecule has 132 valence electrons. The number of amides is 2. The van der Waals surface area contributed by atoms with E-state index in [4.69, 9.17) is 5.73 Å². The van der Waals surface area contributed by atoms with Crippen LogP contribution in [0.3, 0.4) is 0 Å². The van der Waals surface area contributed by atoms with Gasteiger partial charge in [-0.15, -0.1) is 11.3 Å². The van der Waals surface area contributed by atoms with Gasteiger partial charge in [-0.1, -0.05) is 12.1 Å². The van der Waals surface area contributed by atoms with Gasteiger partial charge in [0.05, 0.1) is 16.7 Å². The second-order valence-corrected chi connectivity index (χ2v) is 5.61. The summed E-state index contributed by atoms with van der Waals surface area (Å²) in [6, 6.07) is 5.47. The summed E-state index contributed by atoms with van der Waals surface area (Å²) in [6.45, 7) is -0.818. The molecular weight excluding hydrogens is 361 g/mol. The molecule has 0 atom stereocenters. The number of nitrogens with one attached hydrogen (secondary N) is 1. The van der Waals surface area contributed by atoms with Gasteiger partial charge in [-0.05, 0) is 23.6 Å². The van der Waals surface area contributed by atoms with Crippen LogP contribution in [0, 0.1) is 0 Å². The Balaban J connectivity index is 2.02. The van der Waals surface area contributed by atoms with Crippen LogP contribution >= 0.6 is 11.3 Å². The molecule has 3 N–H and O–H groups in total. The molecule has 0 radical (unpaired) electrons. The molecule has 6 nitrogen and oxygen atoms in total.